The van der Waals surface area contributed by atoms with Crippen LogP contribution in [0.3, 0.4) is 0 Å². The Balaban J connectivity index is 2.30. The van der Waals surface area contributed by atoms with Gasteiger partial charge in [0.1, 0.15) is 0 Å². The number of hydrogen-bond acceptors (Lipinski definition) is 3. The normalized spacial score (nSPS) is 27.0. The number of thioether (sulfide) groups is 1. The van der Waals surface area contributed by atoms with Crippen molar-refractivity contribution in [3.05, 3.63) is 0 Å². The lowest BCUT2D eigenvalue weighted by Crippen LogP contribution is -2.45. The summed E-state index contributed by atoms with van der Waals surface area (Å²) in [6.45, 7) is 2.87. The summed E-state index contributed by atoms with van der Waals surface area (Å²) in [6, 6.07) is -0.565. The van der Waals surface area contributed by atoms with Crippen LogP contribution < -0.4 is 11.1 Å². The average molecular weight is 226 g/mol. The number of rotatable bonds is 4. The molecular formula is C11H18N2OS. The van der Waals surface area contributed by atoms with Gasteiger partial charge in [-0.05, 0) is 25.5 Å². The van der Waals surface area contributed by atoms with Crippen LogP contribution in [-0.2, 0) is 4.79 Å². The van der Waals surface area contributed by atoms with Crippen LogP contribution in [0.25, 0.3) is 0 Å². The number of hydrogen-bond donors (Lipinski definition) is 2. The summed E-state index contributed by atoms with van der Waals surface area (Å²) in [7, 11) is 0. The van der Waals surface area contributed by atoms with Gasteiger partial charge < -0.3 is 11.1 Å². The van der Waals surface area contributed by atoms with Crippen molar-refractivity contribution in [3.8, 4) is 12.3 Å². The number of carbonyl (C=O) groups excluding carboxylic acids is 1. The number of nitrogens with one attached hydrogen (secondary N) is 1. The average Bonchev–Trinajstić information content (AvgIpc) is 2.63. The van der Waals surface area contributed by atoms with Crippen molar-refractivity contribution in [1.29, 1.82) is 0 Å². The smallest absolute Gasteiger partial charge is 0.237 e. The Morgan fingerprint density at radius 3 is 3.07 bits per heavy atom. The molecule has 1 rings (SSSR count). The van der Waals surface area contributed by atoms with Gasteiger partial charge in [0, 0.05) is 17.7 Å². The molecule has 15 heavy (non-hydrogen) atoms. The summed E-state index contributed by atoms with van der Waals surface area (Å²) in [5.41, 5.74) is 5.59. The van der Waals surface area contributed by atoms with Gasteiger partial charge in [0.15, 0.2) is 0 Å². The van der Waals surface area contributed by atoms with Crippen LogP contribution in [0.1, 0.15) is 26.2 Å². The molecule has 2 atom stereocenters. The Morgan fingerprint density at radius 2 is 2.53 bits per heavy atom. The SMILES string of the molecule is C#CCC(N)C(=O)NCC1(C)CCCS1. The lowest BCUT2D eigenvalue weighted by molar-refractivity contribution is -0.122. The van der Waals surface area contributed by atoms with Crippen molar-refractivity contribution in [2.45, 2.75) is 37.0 Å². The molecule has 1 amide bonds. The molecule has 0 bridgehead atoms. The molecule has 2 unspecified atom stereocenters. The van der Waals surface area contributed by atoms with Crippen molar-refractivity contribution in [2.24, 2.45) is 5.73 Å². The number of amides is 1. The molecule has 0 aromatic heterocycles. The van der Waals surface area contributed by atoms with E-state index in [1.807, 2.05) is 11.8 Å². The van der Waals surface area contributed by atoms with E-state index in [0.717, 1.165) is 6.42 Å². The van der Waals surface area contributed by atoms with Crippen LogP contribution >= 0.6 is 11.8 Å². The third-order valence-corrected chi connectivity index (χ3v) is 4.15. The van der Waals surface area contributed by atoms with Gasteiger partial charge in [-0.3, -0.25) is 4.79 Å². The summed E-state index contributed by atoms with van der Waals surface area (Å²) >= 11 is 1.92. The standard InChI is InChI=1S/C11H18N2OS/c1-3-5-9(12)10(14)13-8-11(2)6-4-7-15-11/h1,9H,4-8,12H2,2H3,(H,13,14). The molecule has 3 N–H and O–H groups in total. The first-order valence-electron chi connectivity index (χ1n) is 5.18. The Hall–Kier alpha value is -0.660. The number of terminal acetylenes is 1. The first-order chi connectivity index (χ1) is 7.07. The fourth-order valence-corrected chi connectivity index (χ4v) is 2.85. The molecule has 0 saturated carbocycles. The van der Waals surface area contributed by atoms with E-state index in [9.17, 15) is 4.79 Å². The molecule has 0 spiro atoms. The summed E-state index contributed by atoms with van der Waals surface area (Å²) in [6.07, 6.45) is 7.78. The van der Waals surface area contributed by atoms with Crippen molar-refractivity contribution >= 4 is 17.7 Å². The fourth-order valence-electron chi connectivity index (χ4n) is 1.60. The quantitative estimate of drug-likeness (QED) is 0.695. The zero-order chi connectivity index (χ0) is 11.3. The molecular weight excluding hydrogens is 208 g/mol. The number of carbonyl (C=O) groups is 1. The third-order valence-electron chi connectivity index (χ3n) is 2.61. The van der Waals surface area contributed by atoms with Gasteiger partial charge in [-0.15, -0.1) is 12.3 Å². The summed E-state index contributed by atoms with van der Waals surface area (Å²) in [5, 5.41) is 2.87. The van der Waals surface area contributed by atoms with E-state index in [2.05, 4.69) is 18.2 Å². The summed E-state index contributed by atoms with van der Waals surface area (Å²) in [5.74, 6) is 3.44. The van der Waals surface area contributed by atoms with Crippen molar-refractivity contribution in [1.82, 2.24) is 5.32 Å². The van der Waals surface area contributed by atoms with Crippen LogP contribution in [0.4, 0.5) is 0 Å². The van der Waals surface area contributed by atoms with Crippen molar-refractivity contribution in [2.75, 3.05) is 12.3 Å². The zero-order valence-electron chi connectivity index (χ0n) is 9.08. The van der Waals surface area contributed by atoms with Gasteiger partial charge in [-0.25, -0.2) is 0 Å². The minimum Gasteiger partial charge on any atom is -0.353 e. The first kappa shape index (κ1) is 12.4. The van der Waals surface area contributed by atoms with Gasteiger partial charge in [-0.2, -0.15) is 11.8 Å². The van der Waals surface area contributed by atoms with Crippen molar-refractivity contribution < 1.29 is 4.79 Å². The lowest BCUT2D eigenvalue weighted by atomic mass is 10.1. The highest BCUT2D eigenvalue weighted by Crippen LogP contribution is 2.36. The highest BCUT2D eigenvalue weighted by molar-refractivity contribution is 8.00. The minimum atomic E-state index is -0.565. The lowest BCUT2D eigenvalue weighted by Gasteiger charge is -2.23. The molecule has 1 saturated heterocycles. The van der Waals surface area contributed by atoms with E-state index < -0.39 is 6.04 Å². The maximum atomic E-state index is 11.5. The first-order valence-corrected chi connectivity index (χ1v) is 6.17. The van der Waals surface area contributed by atoms with Gasteiger partial charge in [0.2, 0.25) is 5.91 Å². The molecule has 1 heterocycles. The van der Waals surface area contributed by atoms with E-state index in [1.54, 1.807) is 0 Å². The second-order valence-corrected chi connectivity index (χ2v) is 5.82. The molecule has 1 aliphatic rings. The molecule has 0 aliphatic carbocycles. The topological polar surface area (TPSA) is 55.1 Å². The van der Waals surface area contributed by atoms with E-state index >= 15 is 0 Å². The Bertz CT molecular complexity index is 266. The Morgan fingerprint density at radius 1 is 1.80 bits per heavy atom. The second-order valence-electron chi connectivity index (χ2n) is 4.13. The summed E-state index contributed by atoms with van der Waals surface area (Å²) in [4.78, 5) is 11.5. The predicted octanol–water partition coefficient (Wildman–Crippen LogP) is 0.739. The third kappa shape index (κ3) is 3.77. The highest BCUT2D eigenvalue weighted by Gasteiger charge is 2.30. The monoisotopic (exact) mass is 226 g/mol. The largest absolute Gasteiger partial charge is 0.353 e. The van der Waals surface area contributed by atoms with Gasteiger partial charge >= 0.3 is 0 Å². The molecule has 4 heteroatoms. The van der Waals surface area contributed by atoms with E-state index in [4.69, 9.17) is 12.2 Å². The van der Waals surface area contributed by atoms with Crippen LogP contribution in [0, 0.1) is 12.3 Å². The molecule has 0 aromatic carbocycles. The van der Waals surface area contributed by atoms with Gasteiger partial charge in [-0.1, -0.05) is 0 Å². The predicted molar refractivity (Wildman–Crippen MR) is 64.5 cm³/mol. The highest BCUT2D eigenvalue weighted by atomic mass is 32.2. The molecule has 1 aliphatic heterocycles. The molecule has 3 nitrogen and oxygen atoms in total. The fraction of sp³-hybridized carbons (Fsp3) is 0.727. The van der Waals surface area contributed by atoms with Crippen LogP contribution in [-0.4, -0.2) is 29.0 Å². The Labute approximate surface area is 95.6 Å². The molecule has 84 valence electrons. The molecule has 0 radical (unpaired) electrons. The van der Waals surface area contributed by atoms with E-state index in [1.165, 1.54) is 12.2 Å². The maximum absolute atomic E-state index is 11.5. The van der Waals surface area contributed by atoms with E-state index in [-0.39, 0.29) is 10.7 Å². The Kier molecular flexibility index (Phi) is 4.49. The van der Waals surface area contributed by atoms with Gasteiger partial charge in [0.05, 0.1) is 6.04 Å². The summed E-state index contributed by atoms with van der Waals surface area (Å²) < 4.78 is 0.186. The maximum Gasteiger partial charge on any atom is 0.237 e. The molecule has 1 fully saturated rings. The van der Waals surface area contributed by atoms with Gasteiger partial charge in [0.25, 0.3) is 0 Å². The number of nitrogens with two attached hydrogens (primary N) is 1. The van der Waals surface area contributed by atoms with Crippen LogP contribution in [0.15, 0.2) is 0 Å². The van der Waals surface area contributed by atoms with Crippen molar-refractivity contribution in [3.63, 3.8) is 0 Å². The van der Waals surface area contributed by atoms with E-state index in [0.29, 0.717) is 13.0 Å². The molecule has 0 aromatic rings. The second kappa shape index (κ2) is 5.43. The zero-order valence-corrected chi connectivity index (χ0v) is 9.90. The van der Waals surface area contributed by atoms with Crippen LogP contribution in [0.2, 0.25) is 0 Å². The van der Waals surface area contributed by atoms with Crippen LogP contribution in [0.5, 0.6) is 0 Å². The minimum absolute atomic E-state index is 0.137.